The molecule has 1 heterocycles. The molecule has 146 valence electrons. The molecule has 0 saturated carbocycles. The van der Waals surface area contributed by atoms with Crippen molar-refractivity contribution in [2.24, 2.45) is 0 Å². The number of ether oxygens (including phenoxy) is 1. The van der Waals surface area contributed by atoms with Crippen LogP contribution in [0.5, 0.6) is 5.75 Å². The molecule has 8 heteroatoms. The summed E-state index contributed by atoms with van der Waals surface area (Å²) in [6, 6.07) is 4.96. The monoisotopic (exact) mass is 384 g/mol. The Balaban J connectivity index is 2.18. The van der Waals surface area contributed by atoms with E-state index in [1.54, 1.807) is 6.07 Å². The van der Waals surface area contributed by atoms with Crippen molar-refractivity contribution in [1.82, 2.24) is 4.31 Å². The fraction of sp³-hybridized carbons (Fsp3) is 0.611. The summed E-state index contributed by atoms with van der Waals surface area (Å²) in [6.45, 7) is 5.48. The van der Waals surface area contributed by atoms with Gasteiger partial charge < -0.3 is 15.4 Å². The lowest BCUT2D eigenvalue weighted by atomic mass is 10.2. The molecule has 3 N–H and O–H groups in total. The van der Waals surface area contributed by atoms with Gasteiger partial charge in [0.2, 0.25) is 10.0 Å². The highest BCUT2D eigenvalue weighted by Gasteiger charge is 2.27. The van der Waals surface area contributed by atoms with Crippen molar-refractivity contribution in [3.63, 3.8) is 0 Å². The van der Waals surface area contributed by atoms with Gasteiger partial charge >= 0.3 is 0 Å². The van der Waals surface area contributed by atoms with Gasteiger partial charge in [0.1, 0.15) is 5.75 Å². The van der Waals surface area contributed by atoms with Crippen LogP contribution in [0.3, 0.4) is 0 Å². The number of hydrogen-bond acceptors (Lipinski definition) is 4. The number of anilines is 1. The van der Waals surface area contributed by atoms with Crippen molar-refractivity contribution in [2.75, 3.05) is 32.1 Å². The van der Waals surface area contributed by atoms with Crippen molar-refractivity contribution in [3.05, 3.63) is 18.2 Å². The molecule has 0 aromatic heterocycles. The van der Waals surface area contributed by atoms with E-state index in [0.29, 0.717) is 30.6 Å². The number of carbonyl (C=O) groups is 1. The largest absolute Gasteiger partial charge is 0.495 e. The lowest BCUT2D eigenvalue weighted by Gasteiger charge is -2.26. The summed E-state index contributed by atoms with van der Waals surface area (Å²) in [5, 5.41) is 4.73. The Morgan fingerprint density at radius 1 is 1.31 bits per heavy atom. The van der Waals surface area contributed by atoms with Crippen LogP contribution in [0.2, 0.25) is 0 Å². The summed E-state index contributed by atoms with van der Waals surface area (Å²) in [7, 11) is -2.06. The topological polar surface area (TPSA) is 92.3 Å². The number of methoxy groups -OCH3 is 1. The van der Waals surface area contributed by atoms with E-state index < -0.39 is 10.0 Å². The minimum atomic E-state index is -3.56. The molecule has 26 heavy (non-hydrogen) atoms. The maximum absolute atomic E-state index is 12.8. The van der Waals surface area contributed by atoms with E-state index in [0.717, 1.165) is 25.7 Å². The zero-order valence-electron chi connectivity index (χ0n) is 15.8. The van der Waals surface area contributed by atoms with E-state index in [9.17, 15) is 13.2 Å². The SMILES string of the molecule is CC[C@@H](C)[NH2+]CC(=O)Nc1cc(S(=O)(=O)N2CCCCC2)ccc1OC. The van der Waals surface area contributed by atoms with Crippen LogP contribution in [0.1, 0.15) is 39.5 Å². The molecule has 1 atom stereocenters. The van der Waals surface area contributed by atoms with Gasteiger partial charge in [0, 0.05) is 13.1 Å². The molecule has 1 saturated heterocycles. The molecule has 0 radical (unpaired) electrons. The summed E-state index contributed by atoms with van der Waals surface area (Å²) in [5.74, 6) is 0.260. The Kier molecular flexibility index (Phi) is 7.43. The molecule has 1 aromatic rings. The molecule has 0 bridgehead atoms. The molecular formula is C18H30N3O4S+. The predicted octanol–water partition coefficient (Wildman–Crippen LogP) is 1.17. The van der Waals surface area contributed by atoms with Crippen LogP contribution in [0.4, 0.5) is 5.69 Å². The molecule has 1 aliphatic heterocycles. The molecule has 0 aliphatic carbocycles. The highest BCUT2D eigenvalue weighted by Crippen LogP contribution is 2.29. The third-order valence-electron chi connectivity index (χ3n) is 4.75. The van der Waals surface area contributed by atoms with Crippen LogP contribution in [0.15, 0.2) is 23.1 Å². The average Bonchev–Trinajstić information content (AvgIpc) is 2.66. The van der Waals surface area contributed by atoms with Crippen LogP contribution in [0, 0.1) is 0 Å². The first-order valence-corrected chi connectivity index (χ1v) is 10.6. The number of hydrogen-bond donors (Lipinski definition) is 2. The minimum absolute atomic E-state index is 0.182. The first-order chi connectivity index (χ1) is 12.4. The van der Waals surface area contributed by atoms with Gasteiger partial charge in [-0.3, -0.25) is 4.79 Å². The quantitative estimate of drug-likeness (QED) is 0.704. The second-order valence-electron chi connectivity index (χ2n) is 6.70. The second-order valence-corrected chi connectivity index (χ2v) is 8.64. The number of nitrogens with two attached hydrogens (primary N) is 1. The van der Waals surface area contributed by atoms with E-state index >= 15 is 0 Å². The van der Waals surface area contributed by atoms with Crippen molar-refractivity contribution in [3.8, 4) is 5.75 Å². The molecule has 1 aromatic carbocycles. The lowest BCUT2D eigenvalue weighted by Crippen LogP contribution is -2.90. The first kappa shape index (κ1) is 20.7. The van der Waals surface area contributed by atoms with Crippen molar-refractivity contribution < 1.29 is 23.3 Å². The van der Waals surface area contributed by atoms with Crippen LogP contribution >= 0.6 is 0 Å². The summed E-state index contributed by atoms with van der Waals surface area (Å²) < 4.78 is 32.5. The van der Waals surface area contributed by atoms with E-state index in [1.807, 2.05) is 5.32 Å². The van der Waals surface area contributed by atoms with Gasteiger partial charge in [0.05, 0.1) is 23.7 Å². The van der Waals surface area contributed by atoms with Gasteiger partial charge in [-0.1, -0.05) is 13.3 Å². The third-order valence-corrected chi connectivity index (χ3v) is 6.64. The molecule has 2 rings (SSSR count). The van der Waals surface area contributed by atoms with Crippen LogP contribution in [-0.2, 0) is 14.8 Å². The highest BCUT2D eigenvalue weighted by atomic mass is 32.2. The van der Waals surface area contributed by atoms with E-state index in [2.05, 4.69) is 19.2 Å². The van der Waals surface area contributed by atoms with Gasteiger partial charge in [0.15, 0.2) is 6.54 Å². The minimum Gasteiger partial charge on any atom is -0.495 e. The van der Waals surface area contributed by atoms with Gasteiger partial charge in [-0.15, -0.1) is 0 Å². The average molecular weight is 385 g/mol. The normalized spacial score (nSPS) is 16.9. The number of nitrogens with zero attached hydrogens (tertiary/aromatic N) is 1. The maximum atomic E-state index is 12.8. The lowest BCUT2D eigenvalue weighted by molar-refractivity contribution is -0.675. The number of carbonyl (C=O) groups excluding carboxylic acids is 1. The molecule has 7 nitrogen and oxygen atoms in total. The number of quaternary nitrogens is 1. The summed E-state index contributed by atoms with van der Waals surface area (Å²) in [5.41, 5.74) is 0.383. The number of benzene rings is 1. The smallest absolute Gasteiger partial charge is 0.279 e. The number of sulfonamides is 1. The highest BCUT2D eigenvalue weighted by molar-refractivity contribution is 7.89. The fourth-order valence-corrected chi connectivity index (χ4v) is 4.42. The van der Waals surface area contributed by atoms with Gasteiger partial charge in [-0.25, -0.2) is 8.42 Å². The van der Waals surface area contributed by atoms with Crippen LogP contribution < -0.4 is 15.4 Å². The van der Waals surface area contributed by atoms with E-state index in [-0.39, 0.29) is 17.3 Å². The zero-order chi connectivity index (χ0) is 19.2. The Morgan fingerprint density at radius 3 is 2.62 bits per heavy atom. The Labute approximate surface area is 156 Å². The summed E-state index contributed by atoms with van der Waals surface area (Å²) in [4.78, 5) is 12.4. The Bertz CT molecular complexity index is 715. The number of nitrogens with one attached hydrogen (secondary N) is 1. The third kappa shape index (κ3) is 5.18. The van der Waals surface area contributed by atoms with Gasteiger partial charge in [-0.2, -0.15) is 4.31 Å². The molecule has 0 unspecified atom stereocenters. The standard InChI is InChI=1S/C18H29N3O4S/c1-4-14(2)19-13-18(22)20-16-12-15(8-9-17(16)25-3)26(23,24)21-10-6-5-7-11-21/h8-9,12,14,19H,4-7,10-11,13H2,1-3H3,(H,20,22)/p+1/t14-/m1/s1. The first-order valence-electron chi connectivity index (χ1n) is 9.19. The molecule has 0 spiro atoms. The Morgan fingerprint density at radius 2 is 2.00 bits per heavy atom. The van der Waals surface area contributed by atoms with E-state index in [1.165, 1.54) is 23.5 Å². The fourth-order valence-electron chi connectivity index (χ4n) is 2.88. The number of rotatable bonds is 8. The van der Waals surface area contributed by atoms with E-state index in [4.69, 9.17) is 4.74 Å². The van der Waals surface area contributed by atoms with Crippen LogP contribution in [-0.4, -0.2) is 51.4 Å². The van der Waals surface area contributed by atoms with Crippen molar-refractivity contribution in [1.29, 1.82) is 0 Å². The predicted molar refractivity (Wildman–Crippen MR) is 101 cm³/mol. The number of amides is 1. The second kappa shape index (κ2) is 9.34. The van der Waals surface area contributed by atoms with Crippen LogP contribution in [0.25, 0.3) is 0 Å². The van der Waals surface area contributed by atoms with Gasteiger partial charge in [0.25, 0.3) is 5.91 Å². The van der Waals surface area contributed by atoms with Crippen molar-refractivity contribution >= 4 is 21.6 Å². The maximum Gasteiger partial charge on any atom is 0.279 e. The Hall–Kier alpha value is -1.64. The molecule has 1 fully saturated rings. The zero-order valence-corrected chi connectivity index (χ0v) is 16.6. The molecule has 1 amide bonds. The molecule has 1 aliphatic rings. The van der Waals surface area contributed by atoms with Gasteiger partial charge in [-0.05, 0) is 44.4 Å². The summed E-state index contributed by atoms with van der Waals surface area (Å²) in [6.07, 6.45) is 3.79. The summed E-state index contributed by atoms with van der Waals surface area (Å²) >= 11 is 0. The number of piperidine rings is 1. The van der Waals surface area contributed by atoms with Crippen molar-refractivity contribution in [2.45, 2.75) is 50.5 Å². The molecular weight excluding hydrogens is 354 g/mol.